The van der Waals surface area contributed by atoms with Crippen LogP contribution in [0, 0.1) is 28.7 Å². The summed E-state index contributed by atoms with van der Waals surface area (Å²) in [6, 6.07) is 0. The second-order valence-corrected chi connectivity index (χ2v) is 7.21. The fourth-order valence-corrected chi connectivity index (χ4v) is 0. The molecule has 0 N–H and O–H groups in total. The molecule has 0 saturated carbocycles. The van der Waals surface area contributed by atoms with Crippen LogP contribution in [0.3, 0.4) is 0 Å². The van der Waals surface area contributed by atoms with Crippen molar-refractivity contribution in [1.82, 2.24) is 0 Å². The Hall–Kier alpha value is 11.2. The summed E-state index contributed by atoms with van der Waals surface area (Å²) in [4.78, 5) is 80.3. The molecule has 0 aliphatic rings. The van der Waals surface area contributed by atoms with Crippen LogP contribution in [-0.2, 0) is 43.2 Å². The standard InChI is InChI=1S/C3H6.6C2H2IO.3C2H3O.10CH4.2CH3.6K/c1-3-2;6*3-1-2-4;3*1-2-3;;;;;;;;;;;;;;;;;;/h1-3H2;6*1H2;3*1H3;10*1H4;2*1H3;;;;;;/q-2;9*-1;;;;;;;;;;;2*-1;6*+1. The molecule has 0 amide bonds. The number of hydrogen-bond donors (Lipinski definition) is 0. The Labute approximate surface area is 680 Å². The first kappa shape index (κ1) is 194. The van der Waals surface area contributed by atoms with Gasteiger partial charge in [0.1, 0.15) is 0 Å². The predicted molar refractivity (Wildman–Crippen MR) is 277 cm³/mol. The van der Waals surface area contributed by atoms with Crippen molar-refractivity contribution in [3.63, 3.8) is 0 Å². The van der Waals surface area contributed by atoms with Gasteiger partial charge in [0.15, 0.2) is 0 Å². The summed E-state index contributed by atoms with van der Waals surface area (Å²) in [5, 5.41) is 0. The van der Waals surface area contributed by atoms with Gasteiger partial charge in [-0.25, -0.2) is 0 Å². The van der Waals surface area contributed by atoms with Gasteiger partial charge in [-0.1, -0.05) is 101 Å². The van der Waals surface area contributed by atoms with E-state index in [1.54, 1.807) is 37.7 Å². The largest absolute Gasteiger partial charge is 1.00 e. The molecule has 0 aliphatic heterocycles. The number of hydrogen-bond acceptors (Lipinski definition) is 9. The Morgan fingerprint density at radius 2 is 0.333 bits per heavy atom. The third kappa shape index (κ3) is 825. The van der Waals surface area contributed by atoms with Gasteiger partial charge in [-0.3, -0.25) is 56.6 Å². The number of carbonyl (C=O) groups excluding carboxylic acids is 9. The van der Waals surface area contributed by atoms with Crippen LogP contribution in [0.4, 0.5) is 0 Å². The minimum atomic E-state index is 0. The summed E-state index contributed by atoms with van der Waals surface area (Å²) < 4.78 is 2.90. The molecular weight excluding hydrogens is 1540 g/mol. The molecule has 314 valence electrons. The van der Waals surface area contributed by atoms with E-state index in [1.807, 2.05) is 136 Å². The zero-order chi connectivity index (χ0) is 31.3. The Morgan fingerprint density at radius 3 is 0.333 bits per heavy atom. The van der Waals surface area contributed by atoms with Gasteiger partial charge in [-0.2, -0.15) is 20.8 Å². The number of halogens is 6. The number of rotatable bonds is 6. The molecule has 0 aromatic rings. The van der Waals surface area contributed by atoms with Crippen molar-refractivity contribution in [1.29, 1.82) is 0 Å². The van der Waals surface area contributed by atoms with Gasteiger partial charge >= 0.3 is 308 Å². The van der Waals surface area contributed by atoms with E-state index in [0.29, 0.717) is 26.6 Å². The molecule has 54 heavy (non-hydrogen) atoms. The molecule has 0 atom stereocenters. The minimum Gasteiger partial charge on any atom is -0.542 e. The van der Waals surface area contributed by atoms with Crippen LogP contribution in [0.25, 0.3) is 0 Å². The first-order valence-corrected chi connectivity index (χ1v) is 17.2. The minimum absolute atomic E-state index is 0. The third-order valence-corrected chi connectivity index (χ3v) is 2.20. The molecule has 0 aliphatic carbocycles. The fourth-order valence-electron chi connectivity index (χ4n) is 0. The molecule has 0 radical (unpaired) electrons. The van der Waals surface area contributed by atoms with Crippen molar-refractivity contribution in [2.24, 2.45) is 0 Å². The third-order valence-electron chi connectivity index (χ3n) is 0.327. The van der Waals surface area contributed by atoms with Gasteiger partial charge in [0.05, 0.1) is 0 Å². The molecule has 0 aromatic carbocycles. The molecule has 0 spiro atoms. The molecule has 21 heteroatoms. The van der Waals surface area contributed by atoms with Crippen molar-refractivity contribution in [2.45, 2.75) is 101 Å². The second-order valence-electron chi connectivity index (χ2n) is 2.63. The van der Waals surface area contributed by atoms with Crippen LogP contribution in [0.15, 0.2) is 0 Å². The maximum atomic E-state index is 9.04. The van der Waals surface area contributed by atoms with Gasteiger partial charge < -0.3 is 78.3 Å². The van der Waals surface area contributed by atoms with Gasteiger partial charge in [-0.05, 0) is 0 Å². The van der Waals surface area contributed by atoms with E-state index in [-0.39, 0.29) is 397 Å². The van der Waals surface area contributed by atoms with E-state index in [4.69, 9.17) is 43.2 Å². The zero-order valence-electron chi connectivity index (χ0n) is 27.8. The summed E-state index contributed by atoms with van der Waals surface area (Å²) >= 11 is 11.6. The summed E-state index contributed by atoms with van der Waals surface area (Å²) in [6.07, 6.45) is 15.3. The van der Waals surface area contributed by atoms with Crippen LogP contribution >= 0.6 is 136 Å². The van der Waals surface area contributed by atoms with E-state index in [0.717, 1.165) is 6.42 Å². The van der Waals surface area contributed by atoms with Crippen LogP contribution in [-0.4, -0.2) is 83.1 Å². The van der Waals surface area contributed by atoms with Crippen LogP contribution in [0.2, 0.25) is 0 Å². The SMILES string of the molecule is C.C.C.C.C.C.C.C.C.C.C[C-]=O.C[C-]=O.C[C-]=O.O=[C-]CI.O=[C-]CI.O=[C-]CI.O=[C-]CI.O=[C-]CI.O=[C-]CI.[CH2-]C[CH2-].[CH3-].[CH3-].[K+].[K+].[K+].[K+].[K+].[K+]. The van der Waals surface area contributed by atoms with E-state index < -0.39 is 0 Å². The van der Waals surface area contributed by atoms with Gasteiger partial charge in [0.2, 0.25) is 0 Å². The normalized spacial score (nSPS) is 3.83. The Balaban J connectivity index is -0.00000000517. The molecule has 0 rings (SSSR count). The summed E-state index contributed by atoms with van der Waals surface area (Å²) in [6.45, 7) is 10.7. The average molecular weight is 1610 g/mol. The Kier molecular flexibility index (Phi) is 1250. The summed E-state index contributed by atoms with van der Waals surface area (Å²) in [5.41, 5.74) is 0. The molecule has 0 aromatic heterocycles. The molecule has 0 bridgehead atoms. The molecule has 9 nitrogen and oxygen atoms in total. The molecule has 0 fully saturated rings. The zero-order valence-corrected chi connectivity index (χ0v) is 59.5. The smallest absolute Gasteiger partial charge is 0.542 e. The van der Waals surface area contributed by atoms with E-state index in [2.05, 4.69) is 13.8 Å². The van der Waals surface area contributed by atoms with Crippen molar-refractivity contribution < 1.29 is 351 Å². The van der Waals surface area contributed by atoms with Gasteiger partial charge in [0.25, 0.3) is 0 Å². The molecule has 0 heterocycles. The molecule has 0 saturated heterocycles. The Bertz CT molecular complexity index is 336. The predicted octanol–water partition coefficient (Wildman–Crippen LogP) is -6.14. The quantitative estimate of drug-likeness (QED) is 0.110. The second kappa shape index (κ2) is 346. The first-order valence-electron chi connectivity index (χ1n) is 8.06. The summed E-state index contributed by atoms with van der Waals surface area (Å²) in [5.74, 6) is 0. The van der Waals surface area contributed by atoms with Gasteiger partial charge in [0, 0.05) is 0 Å². The summed E-state index contributed by atoms with van der Waals surface area (Å²) in [7, 11) is 0. The van der Waals surface area contributed by atoms with Crippen molar-refractivity contribution in [3.8, 4) is 0 Å². The Morgan fingerprint density at radius 1 is 0.315 bits per heavy atom. The van der Waals surface area contributed by atoms with Crippen LogP contribution in [0.1, 0.15) is 101 Å². The van der Waals surface area contributed by atoms with Gasteiger partial charge in [-0.15, -0.1) is 136 Å². The van der Waals surface area contributed by atoms with Crippen LogP contribution in [0.5, 0.6) is 0 Å². The first-order chi connectivity index (χ1) is 17.1. The monoisotopic (exact) mass is 1610 g/mol. The van der Waals surface area contributed by atoms with Crippen molar-refractivity contribution >= 4 is 192 Å². The number of alkyl halides is 6. The van der Waals surface area contributed by atoms with Crippen LogP contribution < -0.4 is 308 Å². The topological polar surface area (TPSA) is 154 Å². The van der Waals surface area contributed by atoms with Crippen molar-refractivity contribution in [3.05, 3.63) is 28.7 Å². The van der Waals surface area contributed by atoms with E-state index >= 15 is 0 Å². The molecular formula is C33H73I6K6O9-7. The van der Waals surface area contributed by atoms with E-state index in [9.17, 15) is 0 Å². The van der Waals surface area contributed by atoms with E-state index in [1.165, 1.54) is 39.6 Å². The average Bonchev–Trinajstić information content (AvgIpc) is 2.91. The fraction of sp³-hybridized carbons (Fsp3) is 0.606. The molecule has 0 unspecified atom stereocenters. The maximum Gasteiger partial charge on any atom is 1.00 e. The maximum absolute atomic E-state index is 9.04. The van der Waals surface area contributed by atoms with Crippen molar-refractivity contribution in [2.75, 3.05) is 26.6 Å².